The SMILES string of the molecule is Cc1cc(N=Nc2scc[n+]2C)ccc1CCCCCNc1ccc(N=Nc2scc[n+]2C)cc1C.[CH3-].[CH3-]. The second-order valence-electron chi connectivity index (χ2n) is 8.84. The van der Waals surface area contributed by atoms with Gasteiger partial charge in [0.05, 0.1) is 24.3 Å². The van der Waals surface area contributed by atoms with Gasteiger partial charge >= 0.3 is 10.3 Å². The van der Waals surface area contributed by atoms with Crippen molar-refractivity contribution in [2.75, 3.05) is 11.9 Å². The van der Waals surface area contributed by atoms with Crippen molar-refractivity contribution in [3.8, 4) is 0 Å². The molecule has 7 nitrogen and oxygen atoms in total. The summed E-state index contributed by atoms with van der Waals surface area (Å²) in [6, 6.07) is 12.6. The lowest BCUT2D eigenvalue weighted by Gasteiger charge is -2.10. The first-order valence-corrected chi connectivity index (χ1v) is 13.9. The fraction of sp³-hybridized carbons (Fsp3) is 0.310. The highest BCUT2D eigenvalue weighted by Crippen LogP contribution is 2.25. The van der Waals surface area contributed by atoms with Crippen LogP contribution in [0, 0.1) is 28.7 Å². The van der Waals surface area contributed by atoms with Crippen LogP contribution < -0.4 is 14.5 Å². The number of anilines is 1. The van der Waals surface area contributed by atoms with Gasteiger partial charge in [-0.05, 0) is 113 Å². The summed E-state index contributed by atoms with van der Waals surface area (Å²) in [5.74, 6) is 0. The second-order valence-corrected chi connectivity index (χ2v) is 10.6. The Balaban J connectivity index is 0.00000253. The molecule has 2 aromatic heterocycles. The average molecular weight is 550 g/mol. The number of hydrogen-bond donors (Lipinski definition) is 1. The molecule has 0 aliphatic heterocycles. The molecule has 0 fully saturated rings. The summed E-state index contributed by atoms with van der Waals surface area (Å²) in [5.41, 5.74) is 6.78. The lowest BCUT2D eigenvalue weighted by Crippen LogP contribution is -2.23. The van der Waals surface area contributed by atoms with Crippen molar-refractivity contribution in [2.24, 2.45) is 34.6 Å². The number of unbranched alkanes of at least 4 members (excludes halogenated alkanes) is 2. The van der Waals surface area contributed by atoms with Gasteiger partial charge in [-0.1, -0.05) is 12.5 Å². The summed E-state index contributed by atoms with van der Waals surface area (Å²) >= 11 is 3.16. The minimum atomic E-state index is 0. The van der Waals surface area contributed by atoms with E-state index in [1.54, 1.807) is 22.7 Å². The van der Waals surface area contributed by atoms with Gasteiger partial charge in [-0.25, -0.2) is 9.13 Å². The van der Waals surface area contributed by atoms with Crippen molar-refractivity contribution < 1.29 is 9.13 Å². The van der Waals surface area contributed by atoms with Gasteiger partial charge in [-0.3, -0.25) is 0 Å². The van der Waals surface area contributed by atoms with Crippen LogP contribution in [0.5, 0.6) is 0 Å². The van der Waals surface area contributed by atoms with Gasteiger partial charge in [0.15, 0.2) is 0 Å². The van der Waals surface area contributed by atoms with Crippen LogP contribution in [-0.4, -0.2) is 6.54 Å². The zero-order valence-electron chi connectivity index (χ0n) is 23.3. The van der Waals surface area contributed by atoms with Gasteiger partial charge in [-0.15, -0.1) is 0 Å². The van der Waals surface area contributed by atoms with E-state index in [1.807, 2.05) is 52.4 Å². The summed E-state index contributed by atoms with van der Waals surface area (Å²) in [4.78, 5) is 0. The van der Waals surface area contributed by atoms with E-state index in [4.69, 9.17) is 0 Å². The van der Waals surface area contributed by atoms with Crippen LogP contribution in [0.25, 0.3) is 0 Å². The van der Waals surface area contributed by atoms with Gasteiger partial charge in [0.25, 0.3) is 0 Å². The topological polar surface area (TPSA) is 69.2 Å². The molecule has 0 bridgehead atoms. The quantitative estimate of drug-likeness (QED) is 0.0865. The summed E-state index contributed by atoms with van der Waals surface area (Å²) in [5, 5.41) is 26.8. The van der Waals surface area contributed by atoms with E-state index in [1.165, 1.54) is 29.5 Å². The molecule has 0 spiro atoms. The van der Waals surface area contributed by atoms with Crippen molar-refractivity contribution in [1.82, 2.24) is 0 Å². The summed E-state index contributed by atoms with van der Waals surface area (Å²) in [6.45, 7) is 5.23. The van der Waals surface area contributed by atoms with Crippen LogP contribution in [-0.2, 0) is 20.5 Å². The van der Waals surface area contributed by atoms with Crippen molar-refractivity contribution in [2.45, 2.75) is 39.5 Å². The van der Waals surface area contributed by atoms with Crippen molar-refractivity contribution in [3.63, 3.8) is 0 Å². The third kappa shape index (κ3) is 8.63. The maximum atomic E-state index is 4.39. The number of nitrogens with zero attached hydrogens (tertiary/aromatic N) is 6. The predicted molar refractivity (Wildman–Crippen MR) is 161 cm³/mol. The number of benzene rings is 2. The minimum Gasteiger partial charge on any atom is -0.385 e. The molecule has 4 aromatic rings. The van der Waals surface area contributed by atoms with E-state index >= 15 is 0 Å². The first-order chi connectivity index (χ1) is 17.5. The maximum Gasteiger partial charge on any atom is 0.408 e. The van der Waals surface area contributed by atoms with Gasteiger partial charge in [0.1, 0.15) is 23.8 Å². The Morgan fingerprint density at radius 1 is 0.711 bits per heavy atom. The summed E-state index contributed by atoms with van der Waals surface area (Å²) in [6.07, 6.45) is 8.55. The summed E-state index contributed by atoms with van der Waals surface area (Å²) < 4.78 is 3.94. The number of aromatic nitrogens is 2. The van der Waals surface area contributed by atoms with Crippen LogP contribution in [0.3, 0.4) is 0 Å². The summed E-state index contributed by atoms with van der Waals surface area (Å²) in [7, 11) is 3.95. The maximum absolute atomic E-state index is 4.39. The molecule has 202 valence electrons. The van der Waals surface area contributed by atoms with Crippen LogP contribution >= 0.6 is 22.7 Å². The number of aryl methyl sites for hydroxylation is 5. The Labute approximate surface area is 235 Å². The Morgan fingerprint density at radius 3 is 1.82 bits per heavy atom. The standard InChI is InChI=1S/C27H32N7S2.2CH3/c1-20-18-23(29-31-26-33(3)14-16-35-26)10-9-22(20)8-6-5-7-13-28-25-12-11-24(19-21(25)2)30-32-27-34(4)15-17-36-27;;/h9-12,14-19H,5-8,13H2,1-4H3;2*1H3/q+1;2*-1/p+1. The molecule has 9 heteroatoms. The molecule has 0 aliphatic carbocycles. The van der Waals surface area contributed by atoms with Gasteiger partial charge in [-0.2, -0.15) is 0 Å². The number of rotatable bonds is 11. The molecular formula is C29H39N7S2. The molecule has 0 atom stereocenters. The fourth-order valence-electron chi connectivity index (χ4n) is 3.82. The number of azo groups is 2. The van der Waals surface area contributed by atoms with Gasteiger partial charge < -0.3 is 20.2 Å². The van der Waals surface area contributed by atoms with E-state index in [0.717, 1.165) is 46.7 Å². The van der Waals surface area contributed by atoms with Crippen molar-refractivity contribution in [1.29, 1.82) is 0 Å². The zero-order valence-corrected chi connectivity index (χ0v) is 24.9. The normalized spacial score (nSPS) is 11.1. The molecule has 0 aliphatic rings. The van der Waals surface area contributed by atoms with E-state index in [2.05, 4.69) is 70.0 Å². The minimum absolute atomic E-state index is 0. The van der Waals surface area contributed by atoms with Crippen LogP contribution in [0.2, 0.25) is 0 Å². The molecule has 0 saturated heterocycles. The third-order valence-electron chi connectivity index (χ3n) is 6.00. The molecule has 2 aromatic carbocycles. The molecule has 1 N–H and O–H groups in total. The highest BCUT2D eigenvalue weighted by Gasteiger charge is 2.09. The number of hydrogen-bond acceptors (Lipinski definition) is 7. The Bertz CT molecular complexity index is 1250. The predicted octanol–water partition coefficient (Wildman–Crippen LogP) is 8.63. The molecule has 2 heterocycles. The fourth-order valence-corrected chi connectivity index (χ4v) is 5.18. The van der Waals surface area contributed by atoms with Gasteiger partial charge in [0, 0.05) is 23.0 Å². The molecule has 0 radical (unpaired) electrons. The average Bonchev–Trinajstić information content (AvgIpc) is 3.47. The van der Waals surface area contributed by atoms with Crippen LogP contribution in [0.1, 0.15) is 36.0 Å². The first kappa shape index (κ1) is 30.9. The second kappa shape index (κ2) is 15.2. The van der Waals surface area contributed by atoms with Crippen LogP contribution in [0.4, 0.5) is 27.3 Å². The molecule has 4 rings (SSSR count). The monoisotopic (exact) mass is 549 g/mol. The molecule has 0 unspecified atom stereocenters. The molecule has 0 saturated carbocycles. The van der Waals surface area contributed by atoms with E-state index in [9.17, 15) is 0 Å². The Hall–Kier alpha value is -3.30. The van der Waals surface area contributed by atoms with E-state index in [-0.39, 0.29) is 14.9 Å². The van der Waals surface area contributed by atoms with E-state index < -0.39 is 0 Å². The van der Waals surface area contributed by atoms with E-state index in [0.29, 0.717) is 0 Å². The molecule has 0 amide bonds. The first-order valence-electron chi connectivity index (χ1n) is 12.1. The van der Waals surface area contributed by atoms with Crippen LogP contribution in [0.15, 0.2) is 80.0 Å². The van der Waals surface area contributed by atoms with Gasteiger partial charge in [0.2, 0.25) is 0 Å². The number of thiazole rings is 2. The zero-order chi connectivity index (χ0) is 25.3. The smallest absolute Gasteiger partial charge is 0.385 e. The Kier molecular flexibility index (Phi) is 12.4. The molecular weight excluding hydrogens is 511 g/mol. The third-order valence-corrected chi connectivity index (χ3v) is 7.67. The lowest BCUT2D eigenvalue weighted by atomic mass is 10.0. The van der Waals surface area contributed by atoms with Crippen molar-refractivity contribution in [3.05, 3.63) is 91.1 Å². The number of nitrogens with one attached hydrogen (secondary N) is 1. The Morgan fingerprint density at radius 2 is 1.29 bits per heavy atom. The molecule has 38 heavy (non-hydrogen) atoms. The van der Waals surface area contributed by atoms with Crippen molar-refractivity contribution >= 4 is 50.0 Å². The largest absolute Gasteiger partial charge is 0.408 e. The highest BCUT2D eigenvalue weighted by atomic mass is 32.1. The lowest BCUT2D eigenvalue weighted by molar-refractivity contribution is -0.654. The highest BCUT2D eigenvalue weighted by molar-refractivity contribution is 7.13.